The number of pyridine rings is 1. The predicted molar refractivity (Wildman–Crippen MR) is 73.3 cm³/mol. The van der Waals surface area contributed by atoms with E-state index in [1.807, 2.05) is 20.8 Å². The van der Waals surface area contributed by atoms with Crippen LogP contribution in [0, 0.1) is 6.92 Å². The molecule has 106 valence electrons. The van der Waals surface area contributed by atoms with Crippen LogP contribution in [-0.4, -0.2) is 25.8 Å². The number of carbonyl (C=O) groups is 1. The zero-order chi connectivity index (χ0) is 14.9. The van der Waals surface area contributed by atoms with Crippen LogP contribution in [0.5, 0.6) is 11.8 Å². The average Bonchev–Trinajstić information content (AvgIpc) is 2.67. The molecule has 6 heteroatoms. The average molecular weight is 275 g/mol. The molecular formula is C14H17N3O3. The summed E-state index contributed by atoms with van der Waals surface area (Å²) in [6.07, 6.45) is 0. The molecule has 0 amide bonds. The first kappa shape index (κ1) is 14.0. The molecule has 0 unspecified atom stereocenters. The zero-order valence-corrected chi connectivity index (χ0v) is 11.9. The van der Waals surface area contributed by atoms with Gasteiger partial charge in [-0.3, -0.25) is 0 Å². The lowest BCUT2D eigenvalue weighted by molar-refractivity contribution is 0.0696. The highest BCUT2D eigenvalue weighted by molar-refractivity contribution is 5.88. The van der Waals surface area contributed by atoms with Crippen LogP contribution in [0.2, 0.25) is 0 Å². The number of carboxylic acids is 1. The van der Waals surface area contributed by atoms with E-state index in [1.165, 1.54) is 6.07 Å². The Morgan fingerprint density at radius 1 is 1.35 bits per heavy atom. The van der Waals surface area contributed by atoms with Gasteiger partial charge < -0.3 is 9.84 Å². The minimum atomic E-state index is -1.000. The van der Waals surface area contributed by atoms with E-state index < -0.39 is 5.97 Å². The van der Waals surface area contributed by atoms with Crippen molar-refractivity contribution in [2.24, 2.45) is 7.05 Å². The molecule has 0 bridgehead atoms. The molecule has 2 heterocycles. The molecule has 0 aromatic carbocycles. The van der Waals surface area contributed by atoms with Gasteiger partial charge in [-0.25, -0.2) is 14.5 Å². The predicted octanol–water partition coefficient (Wildman–Crippen LogP) is 2.74. The van der Waals surface area contributed by atoms with E-state index in [1.54, 1.807) is 23.9 Å². The van der Waals surface area contributed by atoms with Crippen molar-refractivity contribution in [1.29, 1.82) is 0 Å². The number of hydrogen-bond donors (Lipinski definition) is 1. The van der Waals surface area contributed by atoms with Crippen LogP contribution in [0.4, 0.5) is 0 Å². The maximum absolute atomic E-state index is 11.2. The fourth-order valence-corrected chi connectivity index (χ4v) is 1.79. The highest BCUT2D eigenvalue weighted by Gasteiger charge is 2.13. The van der Waals surface area contributed by atoms with E-state index in [0.29, 0.717) is 11.6 Å². The van der Waals surface area contributed by atoms with Gasteiger partial charge in [-0.2, -0.15) is 5.10 Å². The van der Waals surface area contributed by atoms with Crippen LogP contribution in [0.3, 0.4) is 0 Å². The molecule has 6 nitrogen and oxygen atoms in total. The quantitative estimate of drug-likeness (QED) is 0.928. The van der Waals surface area contributed by atoms with Gasteiger partial charge in [-0.1, -0.05) is 13.8 Å². The first-order valence-corrected chi connectivity index (χ1v) is 6.30. The van der Waals surface area contributed by atoms with E-state index in [-0.39, 0.29) is 17.4 Å². The fraction of sp³-hybridized carbons (Fsp3) is 0.357. The number of rotatable bonds is 4. The van der Waals surface area contributed by atoms with Crippen molar-refractivity contribution in [3.8, 4) is 11.8 Å². The molecule has 1 N–H and O–H groups in total. The Morgan fingerprint density at radius 3 is 2.55 bits per heavy atom. The second-order valence-electron chi connectivity index (χ2n) is 4.93. The number of ether oxygens (including phenoxy) is 1. The lowest BCUT2D eigenvalue weighted by atomic mass is 10.1. The summed E-state index contributed by atoms with van der Waals surface area (Å²) >= 11 is 0. The van der Waals surface area contributed by atoms with E-state index in [0.717, 1.165) is 5.69 Å². The first-order chi connectivity index (χ1) is 9.36. The second-order valence-corrected chi connectivity index (χ2v) is 4.93. The summed E-state index contributed by atoms with van der Waals surface area (Å²) in [6, 6.07) is 4.75. The van der Waals surface area contributed by atoms with Gasteiger partial charge in [0.2, 0.25) is 11.8 Å². The first-order valence-electron chi connectivity index (χ1n) is 6.30. The Labute approximate surface area is 117 Å². The van der Waals surface area contributed by atoms with Gasteiger partial charge in [0.25, 0.3) is 0 Å². The van der Waals surface area contributed by atoms with Gasteiger partial charge in [-0.15, -0.1) is 0 Å². The van der Waals surface area contributed by atoms with Crippen LogP contribution in [0.1, 0.15) is 41.5 Å². The van der Waals surface area contributed by atoms with Crippen molar-refractivity contribution in [3.05, 3.63) is 35.2 Å². The van der Waals surface area contributed by atoms with Crippen LogP contribution in [0.25, 0.3) is 0 Å². The Bertz CT molecular complexity index is 647. The molecule has 2 aromatic rings. The summed E-state index contributed by atoms with van der Waals surface area (Å²) in [4.78, 5) is 15.5. The Balaban J connectivity index is 2.40. The molecule has 2 rings (SSSR count). The maximum atomic E-state index is 11.2. The molecule has 0 radical (unpaired) electrons. The molecule has 0 atom stereocenters. The number of hydrogen-bond acceptors (Lipinski definition) is 4. The largest absolute Gasteiger partial charge is 0.478 e. The number of aromatic nitrogens is 3. The third-order valence-corrected chi connectivity index (χ3v) is 2.83. The molecular weight excluding hydrogens is 258 g/mol. The summed E-state index contributed by atoms with van der Waals surface area (Å²) in [6.45, 7) is 5.76. The van der Waals surface area contributed by atoms with Crippen LogP contribution < -0.4 is 4.74 Å². The minimum absolute atomic E-state index is 0.116. The molecule has 0 aliphatic carbocycles. The van der Waals surface area contributed by atoms with Crippen molar-refractivity contribution in [3.63, 3.8) is 0 Å². The molecule has 0 saturated carbocycles. The lowest BCUT2D eigenvalue weighted by Crippen LogP contribution is -2.04. The number of carboxylic acid groups (broad SMARTS) is 1. The number of aromatic carboxylic acids is 1. The van der Waals surface area contributed by atoms with E-state index >= 15 is 0 Å². The van der Waals surface area contributed by atoms with Crippen LogP contribution >= 0.6 is 0 Å². The fourth-order valence-electron chi connectivity index (χ4n) is 1.79. The third kappa shape index (κ3) is 2.96. The van der Waals surface area contributed by atoms with Crippen LogP contribution in [-0.2, 0) is 7.05 Å². The van der Waals surface area contributed by atoms with Gasteiger partial charge in [0, 0.05) is 24.9 Å². The monoisotopic (exact) mass is 275 g/mol. The van der Waals surface area contributed by atoms with E-state index in [4.69, 9.17) is 9.84 Å². The van der Waals surface area contributed by atoms with Crippen molar-refractivity contribution in [2.75, 3.05) is 0 Å². The highest BCUT2D eigenvalue weighted by atomic mass is 16.5. The summed E-state index contributed by atoms with van der Waals surface area (Å²) in [7, 11) is 1.76. The number of nitrogens with zero attached hydrogens (tertiary/aromatic N) is 3. The van der Waals surface area contributed by atoms with Gasteiger partial charge in [0.05, 0.1) is 11.3 Å². The zero-order valence-electron chi connectivity index (χ0n) is 11.9. The second kappa shape index (κ2) is 5.32. The normalized spacial score (nSPS) is 10.8. The SMILES string of the molecule is Cc1cc(Oc2cc(C(=O)O)cc(C(C)C)n2)n(C)n1. The summed E-state index contributed by atoms with van der Waals surface area (Å²) in [5.74, 6) is -0.103. The molecule has 0 aliphatic heterocycles. The van der Waals surface area contributed by atoms with Crippen molar-refractivity contribution < 1.29 is 14.6 Å². The summed E-state index contributed by atoms with van der Waals surface area (Å²) < 4.78 is 7.22. The number of aryl methyl sites for hydroxylation is 2. The van der Waals surface area contributed by atoms with Gasteiger partial charge >= 0.3 is 5.97 Å². The standard InChI is InChI=1S/C14H17N3O3/c1-8(2)11-6-10(14(18)19)7-12(15-11)20-13-5-9(3)16-17(13)4/h5-8H,1-4H3,(H,18,19). The van der Waals surface area contributed by atoms with Crippen molar-refractivity contribution in [2.45, 2.75) is 26.7 Å². The molecule has 0 aliphatic rings. The topological polar surface area (TPSA) is 77.2 Å². The maximum Gasteiger partial charge on any atom is 0.335 e. The summed E-state index contributed by atoms with van der Waals surface area (Å²) in [5.41, 5.74) is 1.66. The van der Waals surface area contributed by atoms with E-state index in [9.17, 15) is 4.79 Å². The third-order valence-electron chi connectivity index (χ3n) is 2.83. The minimum Gasteiger partial charge on any atom is -0.478 e. The van der Waals surface area contributed by atoms with Crippen LogP contribution in [0.15, 0.2) is 18.2 Å². The Morgan fingerprint density at radius 2 is 2.05 bits per heavy atom. The van der Waals surface area contributed by atoms with E-state index in [2.05, 4.69) is 10.1 Å². The smallest absolute Gasteiger partial charge is 0.335 e. The molecule has 0 spiro atoms. The Kier molecular flexibility index (Phi) is 3.74. The molecule has 0 fully saturated rings. The van der Waals surface area contributed by atoms with Crippen molar-refractivity contribution in [1.82, 2.24) is 14.8 Å². The highest BCUT2D eigenvalue weighted by Crippen LogP contribution is 2.24. The van der Waals surface area contributed by atoms with Crippen molar-refractivity contribution >= 4 is 5.97 Å². The van der Waals surface area contributed by atoms with Gasteiger partial charge in [0.15, 0.2) is 0 Å². The molecule has 0 saturated heterocycles. The summed E-state index contributed by atoms with van der Waals surface area (Å²) in [5, 5.41) is 13.3. The van der Waals surface area contributed by atoms with Gasteiger partial charge in [0.1, 0.15) is 0 Å². The Hall–Kier alpha value is -2.37. The molecule has 2 aromatic heterocycles. The van der Waals surface area contributed by atoms with Gasteiger partial charge in [-0.05, 0) is 18.9 Å². The molecule has 20 heavy (non-hydrogen) atoms. The lowest BCUT2D eigenvalue weighted by Gasteiger charge is -2.10.